The molecule has 0 saturated carbocycles. The zero-order valence-electron chi connectivity index (χ0n) is 15.1. The molecular weight excluding hydrogens is 361 g/mol. The first-order chi connectivity index (χ1) is 13.6. The lowest BCUT2D eigenvalue weighted by molar-refractivity contribution is 0.0527. The van der Waals surface area contributed by atoms with Gasteiger partial charge in [-0.3, -0.25) is 4.79 Å². The fraction of sp³-hybridized carbons (Fsp3) is 0.0952. The highest BCUT2D eigenvalue weighted by atomic mass is 19.1. The van der Waals surface area contributed by atoms with Crippen molar-refractivity contribution in [3.05, 3.63) is 83.8 Å². The minimum atomic E-state index is -0.516. The van der Waals surface area contributed by atoms with E-state index in [0.717, 1.165) is 0 Å². The number of benzene rings is 2. The van der Waals surface area contributed by atoms with Crippen molar-refractivity contribution in [1.82, 2.24) is 4.98 Å². The normalized spacial score (nSPS) is 10.2. The maximum atomic E-state index is 13.7. The average molecular weight is 379 g/mol. The molecule has 0 spiro atoms. The van der Waals surface area contributed by atoms with Crippen LogP contribution in [0.3, 0.4) is 0 Å². The number of amides is 1. The minimum absolute atomic E-state index is 0.0954. The Hall–Kier alpha value is -3.74. The van der Waals surface area contributed by atoms with E-state index < -0.39 is 17.7 Å². The molecule has 2 N–H and O–H groups in total. The van der Waals surface area contributed by atoms with E-state index >= 15 is 0 Å². The molecule has 3 aromatic rings. The van der Waals surface area contributed by atoms with Crippen LogP contribution in [0.2, 0.25) is 0 Å². The molecule has 1 aromatic heterocycles. The van der Waals surface area contributed by atoms with Gasteiger partial charge in [-0.25, -0.2) is 14.2 Å². The number of para-hydroxylation sites is 2. The molecule has 0 fully saturated rings. The summed E-state index contributed by atoms with van der Waals surface area (Å²) in [4.78, 5) is 28.5. The summed E-state index contributed by atoms with van der Waals surface area (Å²) in [5, 5.41) is 5.53. The predicted molar refractivity (Wildman–Crippen MR) is 104 cm³/mol. The molecule has 142 valence electrons. The van der Waals surface area contributed by atoms with Crippen LogP contribution in [0.25, 0.3) is 0 Å². The van der Waals surface area contributed by atoms with Crippen molar-refractivity contribution in [3.8, 4) is 0 Å². The molecule has 0 radical (unpaired) electrons. The summed E-state index contributed by atoms with van der Waals surface area (Å²) in [6.07, 6.45) is 1.37. The number of carbonyl (C=O) groups is 2. The second-order valence-corrected chi connectivity index (χ2v) is 5.76. The molecule has 1 amide bonds. The van der Waals surface area contributed by atoms with Gasteiger partial charge < -0.3 is 15.4 Å². The third-order valence-corrected chi connectivity index (χ3v) is 3.83. The van der Waals surface area contributed by atoms with Crippen molar-refractivity contribution in [2.24, 2.45) is 0 Å². The molecule has 1 heterocycles. The number of anilines is 3. The summed E-state index contributed by atoms with van der Waals surface area (Å²) in [6, 6.07) is 16.0. The summed E-state index contributed by atoms with van der Waals surface area (Å²) >= 11 is 0. The Morgan fingerprint density at radius 2 is 1.71 bits per heavy atom. The number of aromatic nitrogens is 1. The van der Waals surface area contributed by atoms with Crippen molar-refractivity contribution in [3.63, 3.8) is 0 Å². The van der Waals surface area contributed by atoms with Crippen LogP contribution in [0, 0.1) is 5.82 Å². The molecule has 7 heteroatoms. The minimum Gasteiger partial charge on any atom is -0.462 e. The second kappa shape index (κ2) is 8.77. The van der Waals surface area contributed by atoms with Crippen LogP contribution in [0.15, 0.2) is 66.9 Å². The van der Waals surface area contributed by atoms with Gasteiger partial charge in [-0.15, -0.1) is 0 Å². The zero-order valence-corrected chi connectivity index (χ0v) is 15.1. The van der Waals surface area contributed by atoms with Gasteiger partial charge in [0.1, 0.15) is 11.6 Å². The zero-order chi connectivity index (χ0) is 19.9. The van der Waals surface area contributed by atoms with Gasteiger partial charge in [-0.2, -0.15) is 0 Å². The standard InChI is InChI=1S/C21H18FN3O3/c1-2-28-21(27)15-7-3-5-9-17(15)24-19-12-11-14(13-23-19)20(26)25-18-10-6-4-8-16(18)22/h3-13H,2H2,1H3,(H,23,24)(H,25,26). The maximum Gasteiger partial charge on any atom is 0.340 e. The lowest BCUT2D eigenvalue weighted by Gasteiger charge is -2.11. The van der Waals surface area contributed by atoms with Gasteiger partial charge in [0.2, 0.25) is 0 Å². The molecule has 0 aliphatic heterocycles. The summed E-state index contributed by atoms with van der Waals surface area (Å²) in [6.45, 7) is 2.01. The highest BCUT2D eigenvalue weighted by molar-refractivity contribution is 6.04. The monoisotopic (exact) mass is 379 g/mol. The number of nitrogens with zero attached hydrogens (tertiary/aromatic N) is 1. The Kier molecular flexibility index (Phi) is 5.96. The highest BCUT2D eigenvalue weighted by Crippen LogP contribution is 2.21. The van der Waals surface area contributed by atoms with Gasteiger partial charge in [0.25, 0.3) is 5.91 Å². The maximum absolute atomic E-state index is 13.7. The van der Waals surface area contributed by atoms with Gasteiger partial charge >= 0.3 is 5.97 Å². The van der Waals surface area contributed by atoms with E-state index in [1.807, 2.05) is 0 Å². The Morgan fingerprint density at radius 3 is 2.39 bits per heavy atom. The number of hydrogen-bond acceptors (Lipinski definition) is 5. The van der Waals surface area contributed by atoms with E-state index in [-0.39, 0.29) is 17.9 Å². The number of carbonyl (C=O) groups excluding carboxylic acids is 2. The third kappa shape index (κ3) is 4.50. The molecule has 0 unspecified atom stereocenters. The predicted octanol–water partition coefficient (Wildman–Crippen LogP) is 4.39. The first-order valence-electron chi connectivity index (χ1n) is 8.63. The van der Waals surface area contributed by atoms with E-state index in [1.54, 1.807) is 55.5 Å². The molecule has 0 aliphatic carbocycles. The van der Waals surface area contributed by atoms with Gasteiger partial charge in [-0.05, 0) is 43.3 Å². The molecular formula is C21H18FN3O3. The Bertz CT molecular complexity index is 990. The molecule has 3 rings (SSSR count). The number of ether oxygens (including phenoxy) is 1. The van der Waals surface area contributed by atoms with Crippen molar-refractivity contribution in [2.45, 2.75) is 6.92 Å². The number of halogens is 1. The first kappa shape index (κ1) is 19.0. The second-order valence-electron chi connectivity index (χ2n) is 5.76. The van der Waals surface area contributed by atoms with Crippen molar-refractivity contribution >= 4 is 29.1 Å². The molecule has 2 aromatic carbocycles. The van der Waals surface area contributed by atoms with Crippen LogP contribution in [-0.2, 0) is 4.74 Å². The van der Waals surface area contributed by atoms with Crippen LogP contribution in [0.5, 0.6) is 0 Å². The highest BCUT2D eigenvalue weighted by Gasteiger charge is 2.13. The number of hydrogen-bond donors (Lipinski definition) is 2. The van der Waals surface area contributed by atoms with Crippen molar-refractivity contribution in [1.29, 1.82) is 0 Å². The summed E-state index contributed by atoms with van der Waals surface area (Å²) < 4.78 is 18.7. The Morgan fingerprint density at radius 1 is 1.00 bits per heavy atom. The Balaban J connectivity index is 1.73. The molecule has 6 nitrogen and oxygen atoms in total. The summed E-state index contributed by atoms with van der Waals surface area (Å²) in [7, 11) is 0. The smallest absolute Gasteiger partial charge is 0.340 e. The van der Waals surface area contributed by atoms with Crippen LogP contribution in [0.1, 0.15) is 27.6 Å². The number of nitrogens with one attached hydrogen (secondary N) is 2. The van der Waals surface area contributed by atoms with E-state index in [0.29, 0.717) is 17.1 Å². The van der Waals surface area contributed by atoms with Gasteiger partial charge in [0, 0.05) is 6.20 Å². The third-order valence-electron chi connectivity index (χ3n) is 3.83. The van der Waals surface area contributed by atoms with Gasteiger partial charge in [0.15, 0.2) is 0 Å². The van der Waals surface area contributed by atoms with E-state index in [2.05, 4.69) is 15.6 Å². The van der Waals surface area contributed by atoms with Crippen LogP contribution < -0.4 is 10.6 Å². The topological polar surface area (TPSA) is 80.3 Å². The van der Waals surface area contributed by atoms with E-state index in [4.69, 9.17) is 4.74 Å². The average Bonchev–Trinajstić information content (AvgIpc) is 2.71. The molecule has 0 bridgehead atoms. The largest absolute Gasteiger partial charge is 0.462 e. The molecule has 0 saturated heterocycles. The summed E-state index contributed by atoms with van der Waals surface area (Å²) in [5.74, 6) is -0.987. The van der Waals surface area contributed by atoms with Gasteiger partial charge in [-0.1, -0.05) is 24.3 Å². The van der Waals surface area contributed by atoms with Crippen molar-refractivity contribution in [2.75, 3.05) is 17.2 Å². The number of esters is 1. The van der Waals surface area contributed by atoms with Crippen molar-refractivity contribution < 1.29 is 18.7 Å². The molecule has 28 heavy (non-hydrogen) atoms. The quantitative estimate of drug-likeness (QED) is 0.621. The number of rotatable bonds is 6. The SMILES string of the molecule is CCOC(=O)c1ccccc1Nc1ccc(C(=O)Nc2ccccc2F)cn1. The summed E-state index contributed by atoms with van der Waals surface area (Å²) in [5.41, 5.74) is 1.29. The molecule has 0 aliphatic rings. The fourth-order valence-corrected chi connectivity index (χ4v) is 2.48. The van der Waals surface area contributed by atoms with Gasteiger partial charge in [0.05, 0.1) is 29.1 Å². The van der Waals surface area contributed by atoms with Crippen LogP contribution >= 0.6 is 0 Å². The fourth-order valence-electron chi connectivity index (χ4n) is 2.48. The van der Waals surface area contributed by atoms with E-state index in [1.165, 1.54) is 18.3 Å². The lowest BCUT2D eigenvalue weighted by atomic mass is 10.1. The number of pyridine rings is 1. The van der Waals surface area contributed by atoms with Crippen LogP contribution in [-0.4, -0.2) is 23.5 Å². The Labute approximate surface area is 161 Å². The molecule has 0 atom stereocenters. The van der Waals surface area contributed by atoms with Crippen LogP contribution in [0.4, 0.5) is 21.6 Å². The first-order valence-corrected chi connectivity index (χ1v) is 8.63. The van der Waals surface area contributed by atoms with E-state index in [9.17, 15) is 14.0 Å². The lowest BCUT2D eigenvalue weighted by Crippen LogP contribution is -2.13.